The Kier molecular flexibility index (Phi) is 3.61. The lowest BCUT2D eigenvalue weighted by Gasteiger charge is -2.14. The van der Waals surface area contributed by atoms with Crippen LogP contribution in [0.15, 0.2) is 18.2 Å². The van der Waals surface area contributed by atoms with Crippen molar-refractivity contribution in [3.63, 3.8) is 0 Å². The summed E-state index contributed by atoms with van der Waals surface area (Å²) in [5, 5.41) is 19.9. The van der Waals surface area contributed by atoms with Gasteiger partial charge < -0.3 is 9.84 Å². The number of benzene rings is 1. The van der Waals surface area contributed by atoms with Crippen molar-refractivity contribution in [3.8, 4) is 5.75 Å². The van der Waals surface area contributed by atoms with Crippen LogP contribution in [-0.4, -0.2) is 22.6 Å². The van der Waals surface area contributed by atoms with Gasteiger partial charge >= 0.3 is 11.7 Å². The first-order valence-corrected chi connectivity index (χ1v) is 6.08. The van der Waals surface area contributed by atoms with Gasteiger partial charge in [0.15, 0.2) is 5.75 Å². The minimum absolute atomic E-state index is 0.0222. The normalized spacial score (nSPS) is 15.8. The predicted molar refractivity (Wildman–Crippen MR) is 67.5 cm³/mol. The second-order valence-corrected chi connectivity index (χ2v) is 5.16. The van der Waals surface area contributed by atoms with Gasteiger partial charge in [-0.15, -0.1) is 0 Å². The van der Waals surface area contributed by atoms with E-state index >= 15 is 0 Å². The average molecular weight is 286 g/mol. The summed E-state index contributed by atoms with van der Waals surface area (Å²) in [4.78, 5) is 21.0. The van der Waals surface area contributed by atoms with Gasteiger partial charge in [0.1, 0.15) is 0 Å². The number of nitro groups is 1. The molecule has 0 spiro atoms. The van der Waals surface area contributed by atoms with E-state index in [1.807, 2.05) is 0 Å². The zero-order chi connectivity index (χ0) is 14.0. The lowest BCUT2D eigenvalue weighted by atomic mass is 10.0. The second-order valence-electron chi connectivity index (χ2n) is 4.73. The highest BCUT2D eigenvalue weighted by Crippen LogP contribution is 2.49. The Morgan fingerprint density at radius 1 is 1.53 bits per heavy atom. The predicted octanol–water partition coefficient (Wildman–Crippen LogP) is 2.88. The van der Waals surface area contributed by atoms with Crippen molar-refractivity contribution in [1.82, 2.24) is 0 Å². The first kappa shape index (κ1) is 13.6. The SMILES string of the molecule is O=C(O)CC1(COc2ccc(Cl)cc2[N+](=O)[O-])CC1. The minimum Gasteiger partial charge on any atom is -0.486 e. The van der Waals surface area contributed by atoms with Gasteiger partial charge in [-0.3, -0.25) is 14.9 Å². The molecule has 0 aromatic heterocycles. The van der Waals surface area contributed by atoms with Crippen LogP contribution < -0.4 is 4.74 Å². The fourth-order valence-electron chi connectivity index (χ4n) is 1.86. The highest BCUT2D eigenvalue weighted by Gasteiger charge is 2.45. The molecule has 1 aliphatic carbocycles. The van der Waals surface area contributed by atoms with E-state index in [0.717, 1.165) is 12.8 Å². The van der Waals surface area contributed by atoms with Crippen LogP contribution in [0.1, 0.15) is 19.3 Å². The number of ether oxygens (including phenoxy) is 1. The van der Waals surface area contributed by atoms with Crippen LogP contribution in [0.3, 0.4) is 0 Å². The van der Waals surface area contributed by atoms with Gasteiger partial charge in [-0.05, 0) is 25.0 Å². The van der Waals surface area contributed by atoms with Gasteiger partial charge in [0, 0.05) is 16.5 Å². The Balaban J connectivity index is 2.08. The molecule has 7 heteroatoms. The lowest BCUT2D eigenvalue weighted by molar-refractivity contribution is -0.385. The molecule has 1 aromatic carbocycles. The highest BCUT2D eigenvalue weighted by atomic mass is 35.5. The maximum Gasteiger partial charge on any atom is 0.312 e. The highest BCUT2D eigenvalue weighted by molar-refractivity contribution is 6.30. The minimum atomic E-state index is -0.883. The van der Waals surface area contributed by atoms with E-state index in [1.54, 1.807) is 0 Å². The average Bonchev–Trinajstić information content (AvgIpc) is 3.06. The number of carbonyl (C=O) groups is 1. The van der Waals surface area contributed by atoms with E-state index in [0.29, 0.717) is 0 Å². The number of hydrogen-bond acceptors (Lipinski definition) is 4. The molecule has 1 N–H and O–H groups in total. The largest absolute Gasteiger partial charge is 0.486 e. The summed E-state index contributed by atoms with van der Waals surface area (Å²) >= 11 is 5.69. The zero-order valence-electron chi connectivity index (χ0n) is 9.97. The number of halogens is 1. The lowest BCUT2D eigenvalue weighted by Crippen LogP contribution is -2.17. The second kappa shape index (κ2) is 5.05. The summed E-state index contributed by atoms with van der Waals surface area (Å²) in [5.41, 5.74) is -0.585. The Hall–Kier alpha value is -1.82. The third-order valence-corrected chi connectivity index (χ3v) is 3.37. The molecule has 0 radical (unpaired) electrons. The van der Waals surface area contributed by atoms with Gasteiger partial charge in [0.05, 0.1) is 18.0 Å². The molecule has 0 bridgehead atoms. The van der Waals surface area contributed by atoms with E-state index in [9.17, 15) is 14.9 Å². The van der Waals surface area contributed by atoms with Crippen LogP contribution in [0.5, 0.6) is 5.75 Å². The number of rotatable bonds is 6. The summed E-state index contributed by atoms with van der Waals surface area (Å²) in [7, 11) is 0. The number of carboxylic acid groups (broad SMARTS) is 1. The molecule has 1 fully saturated rings. The smallest absolute Gasteiger partial charge is 0.312 e. The van der Waals surface area contributed by atoms with Crippen molar-refractivity contribution in [3.05, 3.63) is 33.3 Å². The molecule has 0 atom stereocenters. The van der Waals surface area contributed by atoms with E-state index in [-0.39, 0.29) is 34.9 Å². The molecule has 0 saturated heterocycles. The van der Waals surface area contributed by atoms with E-state index in [1.165, 1.54) is 18.2 Å². The van der Waals surface area contributed by atoms with Gasteiger partial charge in [0.25, 0.3) is 0 Å². The van der Waals surface area contributed by atoms with Crippen molar-refractivity contribution >= 4 is 23.3 Å². The van der Waals surface area contributed by atoms with Crippen LogP contribution in [0, 0.1) is 15.5 Å². The number of nitro benzene ring substituents is 1. The molecule has 1 saturated carbocycles. The molecular formula is C12H12ClNO5. The quantitative estimate of drug-likeness (QED) is 0.641. The van der Waals surface area contributed by atoms with Crippen LogP contribution >= 0.6 is 11.6 Å². The van der Waals surface area contributed by atoms with Gasteiger partial charge in [-0.1, -0.05) is 11.6 Å². The fraction of sp³-hybridized carbons (Fsp3) is 0.417. The van der Waals surface area contributed by atoms with Crippen LogP contribution in [-0.2, 0) is 4.79 Å². The van der Waals surface area contributed by atoms with E-state index in [4.69, 9.17) is 21.4 Å². The molecule has 0 heterocycles. The fourth-order valence-corrected chi connectivity index (χ4v) is 2.02. The van der Waals surface area contributed by atoms with Crippen molar-refractivity contribution < 1.29 is 19.6 Å². The Bertz CT molecular complexity index is 527. The maximum atomic E-state index is 10.9. The third-order valence-electron chi connectivity index (χ3n) is 3.13. The van der Waals surface area contributed by atoms with E-state index < -0.39 is 10.9 Å². The Morgan fingerprint density at radius 3 is 2.74 bits per heavy atom. The van der Waals surface area contributed by atoms with Crippen LogP contribution in [0.4, 0.5) is 5.69 Å². The Morgan fingerprint density at radius 2 is 2.21 bits per heavy atom. The van der Waals surface area contributed by atoms with Crippen LogP contribution in [0.25, 0.3) is 0 Å². The molecule has 6 nitrogen and oxygen atoms in total. The van der Waals surface area contributed by atoms with Crippen molar-refractivity contribution in [1.29, 1.82) is 0 Å². The summed E-state index contributed by atoms with van der Waals surface area (Å²) in [6.07, 6.45) is 1.55. The zero-order valence-corrected chi connectivity index (χ0v) is 10.7. The molecule has 1 aliphatic rings. The van der Waals surface area contributed by atoms with Gasteiger partial charge in [0.2, 0.25) is 0 Å². The summed E-state index contributed by atoms with van der Waals surface area (Å²) < 4.78 is 5.42. The summed E-state index contributed by atoms with van der Waals surface area (Å²) in [6, 6.07) is 4.14. The number of hydrogen-bond donors (Lipinski definition) is 1. The first-order valence-electron chi connectivity index (χ1n) is 5.70. The number of nitrogens with zero attached hydrogens (tertiary/aromatic N) is 1. The van der Waals surface area contributed by atoms with Crippen LogP contribution in [0.2, 0.25) is 5.02 Å². The molecule has 0 unspecified atom stereocenters. The van der Waals surface area contributed by atoms with E-state index in [2.05, 4.69) is 0 Å². The van der Waals surface area contributed by atoms with Gasteiger partial charge in [-0.2, -0.15) is 0 Å². The molecule has 0 aliphatic heterocycles. The third kappa shape index (κ3) is 3.35. The molecule has 2 rings (SSSR count). The molecule has 1 aromatic rings. The summed E-state index contributed by atoms with van der Waals surface area (Å²) in [5.74, 6) is -0.766. The molecule has 0 amide bonds. The summed E-state index contributed by atoms with van der Waals surface area (Å²) in [6.45, 7) is 0.168. The maximum absolute atomic E-state index is 10.9. The number of aliphatic carboxylic acids is 1. The first-order chi connectivity index (χ1) is 8.92. The molecule has 102 valence electrons. The van der Waals surface area contributed by atoms with Crippen molar-refractivity contribution in [2.45, 2.75) is 19.3 Å². The molecular weight excluding hydrogens is 274 g/mol. The topological polar surface area (TPSA) is 89.7 Å². The van der Waals surface area contributed by atoms with Gasteiger partial charge in [-0.25, -0.2) is 0 Å². The Labute approximate surface area is 114 Å². The van der Waals surface area contributed by atoms with Crippen molar-refractivity contribution in [2.24, 2.45) is 5.41 Å². The standard InChI is InChI=1S/C12H12ClNO5/c13-8-1-2-10(9(5-8)14(17)18)19-7-12(3-4-12)6-11(15)16/h1-2,5H,3-4,6-7H2,(H,15,16). The van der Waals surface area contributed by atoms with Crippen molar-refractivity contribution in [2.75, 3.05) is 6.61 Å². The monoisotopic (exact) mass is 285 g/mol. The number of carboxylic acids is 1. The molecule has 19 heavy (non-hydrogen) atoms.